The van der Waals surface area contributed by atoms with Gasteiger partial charge in [0.2, 0.25) is 0 Å². The van der Waals surface area contributed by atoms with E-state index in [9.17, 15) is 0 Å². The van der Waals surface area contributed by atoms with Crippen LogP contribution in [-0.4, -0.2) is 28.6 Å². The van der Waals surface area contributed by atoms with Crippen molar-refractivity contribution >= 4 is 10.9 Å². The monoisotopic (exact) mass is 358 g/mol. The zero-order valence-corrected chi connectivity index (χ0v) is 15.6. The van der Waals surface area contributed by atoms with Crippen molar-refractivity contribution in [1.82, 2.24) is 14.8 Å². The van der Waals surface area contributed by atoms with Crippen LogP contribution in [0.1, 0.15) is 24.0 Å². The molecule has 1 aliphatic rings. The van der Waals surface area contributed by atoms with E-state index in [-0.39, 0.29) is 0 Å². The van der Waals surface area contributed by atoms with Crippen LogP contribution in [0.25, 0.3) is 10.9 Å². The van der Waals surface area contributed by atoms with E-state index in [0.717, 1.165) is 32.7 Å². The Morgan fingerprint density at radius 3 is 2.74 bits per heavy atom. The van der Waals surface area contributed by atoms with Gasteiger partial charge in [0.05, 0.1) is 12.5 Å². The lowest BCUT2D eigenvalue weighted by Crippen LogP contribution is -2.31. The van der Waals surface area contributed by atoms with Crippen molar-refractivity contribution in [3.8, 4) is 6.07 Å². The van der Waals surface area contributed by atoms with Gasteiger partial charge in [-0.05, 0) is 23.6 Å². The molecule has 0 unspecified atom stereocenters. The Labute approximate surface area is 161 Å². The number of hydrogen-bond donors (Lipinski definition) is 1. The quantitative estimate of drug-likeness (QED) is 0.696. The molecule has 4 nitrogen and oxygen atoms in total. The molecule has 2 aromatic carbocycles. The number of nitrogens with zero attached hydrogens (tertiary/aromatic N) is 3. The van der Waals surface area contributed by atoms with E-state index in [0.29, 0.717) is 12.5 Å². The maximum Gasteiger partial charge on any atom is 0.0640 e. The molecule has 4 rings (SSSR count). The van der Waals surface area contributed by atoms with Crippen LogP contribution in [0.4, 0.5) is 0 Å². The summed E-state index contributed by atoms with van der Waals surface area (Å²) in [6, 6.07) is 22.0. The number of hydrogen-bond acceptors (Lipinski definition) is 3. The van der Waals surface area contributed by atoms with Crippen LogP contribution in [0.2, 0.25) is 0 Å². The largest absolute Gasteiger partial charge is 0.346 e. The molecule has 2 heterocycles. The normalized spacial score (nSPS) is 17.4. The highest BCUT2D eigenvalue weighted by Gasteiger charge is 2.22. The molecule has 1 N–H and O–H groups in total. The van der Waals surface area contributed by atoms with Gasteiger partial charge in [0, 0.05) is 55.9 Å². The minimum Gasteiger partial charge on any atom is -0.346 e. The van der Waals surface area contributed by atoms with Crippen molar-refractivity contribution in [1.29, 1.82) is 5.26 Å². The molecule has 1 aromatic heterocycles. The standard InChI is InChI=1S/C23H26N4/c24-12-6-13-27-17-20(22-9-4-5-10-23(22)27)15-25-21-11-14-26(18-21)16-19-7-2-1-3-8-19/h1-5,7-10,17,21,25H,6,11,13-16,18H2/t21-/m0/s1. The second-order valence-corrected chi connectivity index (χ2v) is 7.36. The summed E-state index contributed by atoms with van der Waals surface area (Å²) in [6.45, 7) is 4.92. The van der Waals surface area contributed by atoms with Gasteiger partial charge in [-0.2, -0.15) is 5.26 Å². The summed E-state index contributed by atoms with van der Waals surface area (Å²) in [7, 11) is 0. The first-order valence-electron chi connectivity index (χ1n) is 9.77. The predicted octanol–water partition coefficient (Wildman–Crippen LogP) is 3.92. The van der Waals surface area contributed by atoms with Crippen molar-refractivity contribution in [2.75, 3.05) is 13.1 Å². The van der Waals surface area contributed by atoms with E-state index in [1.807, 2.05) is 0 Å². The van der Waals surface area contributed by atoms with Crippen molar-refractivity contribution in [3.63, 3.8) is 0 Å². The molecule has 0 aliphatic carbocycles. The molecule has 0 bridgehead atoms. The summed E-state index contributed by atoms with van der Waals surface area (Å²) in [5.41, 5.74) is 3.94. The zero-order chi connectivity index (χ0) is 18.5. The lowest BCUT2D eigenvalue weighted by Gasteiger charge is -2.16. The Kier molecular flexibility index (Phi) is 5.53. The summed E-state index contributed by atoms with van der Waals surface area (Å²) >= 11 is 0. The Morgan fingerprint density at radius 2 is 1.89 bits per heavy atom. The first-order chi connectivity index (χ1) is 13.3. The number of fused-ring (bicyclic) bond motifs is 1. The molecule has 4 heteroatoms. The third-order valence-electron chi connectivity index (χ3n) is 5.44. The SMILES string of the molecule is N#CCCn1cc(CN[C@H]2CCN(Cc3ccccc3)C2)c2ccccc21. The molecule has 1 saturated heterocycles. The van der Waals surface area contributed by atoms with Gasteiger partial charge in [0.1, 0.15) is 0 Å². The number of rotatable bonds is 7. The second kappa shape index (κ2) is 8.39. The van der Waals surface area contributed by atoms with E-state index in [2.05, 4.69) is 81.6 Å². The summed E-state index contributed by atoms with van der Waals surface area (Å²) < 4.78 is 2.21. The molecule has 1 atom stereocenters. The molecule has 27 heavy (non-hydrogen) atoms. The van der Waals surface area contributed by atoms with Gasteiger partial charge in [-0.25, -0.2) is 0 Å². The predicted molar refractivity (Wildman–Crippen MR) is 109 cm³/mol. The minimum absolute atomic E-state index is 0.537. The van der Waals surface area contributed by atoms with Crippen LogP contribution in [-0.2, 0) is 19.6 Å². The number of aromatic nitrogens is 1. The topological polar surface area (TPSA) is 44.0 Å². The first-order valence-corrected chi connectivity index (χ1v) is 9.77. The van der Waals surface area contributed by atoms with E-state index in [1.54, 1.807) is 0 Å². The van der Waals surface area contributed by atoms with E-state index < -0.39 is 0 Å². The van der Waals surface area contributed by atoms with Crippen LogP contribution in [0.5, 0.6) is 0 Å². The van der Waals surface area contributed by atoms with E-state index in [1.165, 1.54) is 28.5 Å². The van der Waals surface area contributed by atoms with Crippen LogP contribution < -0.4 is 5.32 Å². The number of likely N-dealkylation sites (tertiary alicyclic amines) is 1. The van der Waals surface area contributed by atoms with Gasteiger partial charge >= 0.3 is 0 Å². The van der Waals surface area contributed by atoms with Crippen molar-refractivity contribution < 1.29 is 0 Å². The van der Waals surface area contributed by atoms with Gasteiger partial charge in [-0.1, -0.05) is 48.5 Å². The number of aryl methyl sites for hydroxylation is 1. The Bertz CT molecular complexity index is 922. The van der Waals surface area contributed by atoms with E-state index in [4.69, 9.17) is 5.26 Å². The fourth-order valence-electron chi connectivity index (χ4n) is 4.06. The highest BCUT2D eigenvalue weighted by Crippen LogP contribution is 2.22. The van der Waals surface area contributed by atoms with Crippen LogP contribution in [0, 0.1) is 11.3 Å². The number of para-hydroxylation sites is 1. The molecule has 0 spiro atoms. The molecule has 1 fully saturated rings. The van der Waals surface area contributed by atoms with Gasteiger partial charge in [0.25, 0.3) is 0 Å². The highest BCUT2D eigenvalue weighted by molar-refractivity contribution is 5.83. The number of nitrogens with one attached hydrogen (secondary N) is 1. The van der Waals surface area contributed by atoms with Crippen molar-refractivity contribution in [2.45, 2.75) is 38.5 Å². The molecular weight excluding hydrogens is 332 g/mol. The summed E-state index contributed by atoms with van der Waals surface area (Å²) in [6.07, 6.45) is 3.95. The lowest BCUT2D eigenvalue weighted by molar-refractivity contribution is 0.320. The first kappa shape index (κ1) is 17.8. The number of nitriles is 1. The average molecular weight is 358 g/mol. The van der Waals surface area contributed by atoms with Crippen molar-refractivity contribution in [3.05, 3.63) is 71.9 Å². The fourth-order valence-corrected chi connectivity index (χ4v) is 4.06. The fraction of sp³-hybridized carbons (Fsp3) is 0.348. The third-order valence-corrected chi connectivity index (χ3v) is 5.44. The number of benzene rings is 2. The average Bonchev–Trinajstić information content (AvgIpc) is 3.30. The van der Waals surface area contributed by atoms with Crippen LogP contribution in [0.3, 0.4) is 0 Å². The molecule has 1 aliphatic heterocycles. The summed E-state index contributed by atoms with van der Waals surface area (Å²) in [5.74, 6) is 0. The van der Waals surface area contributed by atoms with E-state index >= 15 is 0 Å². The molecular formula is C23H26N4. The van der Waals surface area contributed by atoms with Crippen molar-refractivity contribution in [2.24, 2.45) is 0 Å². The van der Waals surface area contributed by atoms with Gasteiger partial charge in [-0.15, -0.1) is 0 Å². The molecule has 0 radical (unpaired) electrons. The maximum absolute atomic E-state index is 8.90. The Morgan fingerprint density at radius 1 is 1.07 bits per heavy atom. The molecule has 0 amide bonds. The smallest absolute Gasteiger partial charge is 0.0640 e. The second-order valence-electron chi connectivity index (χ2n) is 7.36. The third kappa shape index (κ3) is 4.21. The zero-order valence-electron chi connectivity index (χ0n) is 15.6. The highest BCUT2D eigenvalue weighted by atomic mass is 15.2. The van der Waals surface area contributed by atoms with Crippen LogP contribution in [0.15, 0.2) is 60.8 Å². The van der Waals surface area contributed by atoms with Crippen LogP contribution >= 0.6 is 0 Å². The minimum atomic E-state index is 0.537. The summed E-state index contributed by atoms with van der Waals surface area (Å²) in [5, 5.41) is 14.0. The Hall–Kier alpha value is -2.61. The molecule has 138 valence electrons. The molecule has 3 aromatic rings. The van der Waals surface area contributed by atoms with Gasteiger partial charge in [0.15, 0.2) is 0 Å². The van der Waals surface area contributed by atoms with Gasteiger partial charge < -0.3 is 9.88 Å². The maximum atomic E-state index is 8.90. The van der Waals surface area contributed by atoms with Gasteiger partial charge in [-0.3, -0.25) is 4.90 Å². The molecule has 0 saturated carbocycles. The Balaban J connectivity index is 1.37. The summed E-state index contributed by atoms with van der Waals surface area (Å²) in [4.78, 5) is 2.53. The lowest BCUT2D eigenvalue weighted by atomic mass is 10.1.